The number of sulfonamides is 1. The lowest BCUT2D eigenvalue weighted by Crippen LogP contribution is -2.41. The Kier molecular flexibility index (Phi) is 4.59. The number of nitrogens with zero attached hydrogens (tertiary/aromatic N) is 1. The van der Waals surface area contributed by atoms with Crippen LogP contribution in [0.3, 0.4) is 0 Å². The minimum absolute atomic E-state index is 0.0921. The van der Waals surface area contributed by atoms with Crippen LogP contribution in [0.5, 0.6) is 0 Å². The fraction of sp³-hybridized carbons (Fsp3) is 0.286. The molecule has 1 aromatic carbocycles. The number of hydrogen-bond donors (Lipinski definition) is 2. The summed E-state index contributed by atoms with van der Waals surface area (Å²) < 4.78 is 34.2. The van der Waals surface area contributed by atoms with E-state index in [0.29, 0.717) is 30.7 Å². The first-order valence-electron chi connectivity index (χ1n) is 9.65. The van der Waals surface area contributed by atoms with Gasteiger partial charge in [0.05, 0.1) is 23.4 Å². The van der Waals surface area contributed by atoms with E-state index in [2.05, 4.69) is 4.72 Å². The summed E-state index contributed by atoms with van der Waals surface area (Å²) in [5, 5.41) is 13.1. The van der Waals surface area contributed by atoms with Crippen molar-refractivity contribution >= 4 is 33.0 Å². The predicted molar refractivity (Wildman–Crippen MR) is 112 cm³/mol. The van der Waals surface area contributed by atoms with Gasteiger partial charge in [0.15, 0.2) is 5.60 Å². The van der Waals surface area contributed by atoms with Crippen LogP contribution >= 0.6 is 11.3 Å². The molecule has 0 unspecified atom stereocenters. The molecule has 2 aliphatic heterocycles. The van der Waals surface area contributed by atoms with E-state index in [1.807, 2.05) is 5.38 Å². The van der Waals surface area contributed by atoms with Crippen molar-refractivity contribution in [2.24, 2.45) is 0 Å². The Balaban J connectivity index is 1.46. The summed E-state index contributed by atoms with van der Waals surface area (Å²) in [6, 6.07) is 10.1. The molecule has 0 saturated heterocycles. The number of furan rings is 1. The molecule has 2 N–H and O–H groups in total. The molecule has 0 bridgehead atoms. The zero-order valence-electron chi connectivity index (χ0n) is 16.0. The standard InChI is InChI=1S/C21H20N2O5S2/c24-19-6-5-14-11-16(12-15-7-8-23(19)20(14)15)30(26,27)22-13-21(25,17-3-1-9-28-17)18-4-2-10-29-18/h1-4,9-12,22,25H,5-8,13H2/t21-/m0/s1. The fourth-order valence-corrected chi connectivity index (χ4v) is 6.18. The van der Waals surface area contributed by atoms with Crippen molar-refractivity contribution in [1.82, 2.24) is 4.72 Å². The van der Waals surface area contributed by atoms with Gasteiger partial charge in [-0.05, 0) is 59.7 Å². The van der Waals surface area contributed by atoms with Crippen LogP contribution in [-0.4, -0.2) is 32.5 Å². The number of nitrogens with one attached hydrogen (secondary N) is 1. The molecule has 0 spiro atoms. The van der Waals surface area contributed by atoms with Crippen LogP contribution in [0, 0.1) is 0 Å². The maximum absolute atomic E-state index is 13.1. The highest BCUT2D eigenvalue weighted by Gasteiger charge is 2.38. The van der Waals surface area contributed by atoms with Crippen molar-refractivity contribution in [3.63, 3.8) is 0 Å². The van der Waals surface area contributed by atoms with Crippen molar-refractivity contribution in [3.05, 3.63) is 69.8 Å². The topological polar surface area (TPSA) is 99.8 Å². The molecule has 4 heterocycles. The smallest absolute Gasteiger partial charge is 0.240 e. The average molecular weight is 445 g/mol. The summed E-state index contributed by atoms with van der Waals surface area (Å²) in [6.45, 7) is 0.328. The number of aliphatic hydroxyl groups is 1. The highest BCUT2D eigenvalue weighted by atomic mass is 32.2. The van der Waals surface area contributed by atoms with Gasteiger partial charge in [0, 0.05) is 17.8 Å². The Morgan fingerprint density at radius 2 is 1.97 bits per heavy atom. The second-order valence-corrected chi connectivity index (χ2v) is 10.2. The van der Waals surface area contributed by atoms with Crippen LogP contribution in [-0.2, 0) is 33.3 Å². The quantitative estimate of drug-likeness (QED) is 0.608. The third-order valence-electron chi connectivity index (χ3n) is 5.71. The predicted octanol–water partition coefficient (Wildman–Crippen LogP) is 2.39. The molecule has 0 fully saturated rings. The number of rotatable bonds is 6. The Morgan fingerprint density at radius 1 is 1.17 bits per heavy atom. The molecule has 30 heavy (non-hydrogen) atoms. The minimum atomic E-state index is -3.89. The maximum Gasteiger partial charge on any atom is 0.240 e. The third-order valence-corrected chi connectivity index (χ3v) is 8.11. The molecular formula is C21H20N2O5S2. The van der Waals surface area contributed by atoms with Gasteiger partial charge in [0.25, 0.3) is 0 Å². The van der Waals surface area contributed by atoms with Gasteiger partial charge in [-0.25, -0.2) is 13.1 Å². The highest BCUT2D eigenvalue weighted by Crippen LogP contribution is 2.39. The van der Waals surface area contributed by atoms with Gasteiger partial charge in [-0.15, -0.1) is 11.3 Å². The van der Waals surface area contributed by atoms with E-state index >= 15 is 0 Å². The lowest BCUT2D eigenvalue weighted by atomic mass is 9.99. The van der Waals surface area contributed by atoms with Crippen molar-refractivity contribution in [3.8, 4) is 0 Å². The van der Waals surface area contributed by atoms with E-state index < -0.39 is 15.6 Å². The second-order valence-electron chi connectivity index (χ2n) is 7.52. The van der Waals surface area contributed by atoms with Gasteiger partial charge in [-0.1, -0.05) is 6.07 Å². The average Bonchev–Trinajstić information content (AvgIpc) is 3.50. The molecule has 156 valence electrons. The van der Waals surface area contributed by atoms with Gasteiger partial charge in [-0.3, -0.25) is 4.79 Å². The van der Waals surface area contributed by atoms with Crippen LogP contribution in [0.4, 0.5) is 5.69 Å². The first-order chi connectivity index (χ1) is 14.4. The number of aryl methyl sites for hydroxylation is 1. The monoisotopic (exact) mass is 444 g/mol. The van der Waals surface area contributed by atoms with Crippen LogP contribution in [0.15, 0.2) is 57.4 Å². The lowest BCUT2D eigenvalue weighted by molar-refractivity contribution is -0.118. The van der Waals surface area contributed by atoms with Crippen molar-refractivity contribution in [1.29, 1.82) is 0 Å². The van der Waals surface area contributed by atoms with Crippen molar-refractivity contribution in [2.45, 2.75) is 29.8 Å². The summed E-state index contributed by atoms with van der Waals surface area (Å²) >= 11 is 1.32. The Hall–Kier alpha value is -2.46. The Morgan fingerprint density at radius 3 is 2.67 bits per heavy atom. The van der Waals surface area contributed by atoms with Crippen LogP contribution in [0.25, 0.3) is 0 Å². The number of amides is 1. The second kappa shape index (κ2) is 7.05. The summed E-state index contributed by atoms with van der Waals surface area (Å²) in [5.41, 5.74) is 1.01. The zero-order chi connectivity index (χ0) is 20.9. The van der Waals surface area contributed by atoms with Crippen LogP contribution in [0.2, 0.25) is 0 Å². The summed E-state index contributed by atoms with van der Waals surface area (Å²) in [7, 11) is -3.89. The summed E-state index contributed by atoms with van der Waals surface area (Å²) in [4.78, 5) is 14.6. The number of thiophene rings is 1. The lowest BCUT2D eigenvalue weighted by Gasteiger charge is -2.27. The Bertz CT molecular complexity index is 1170. The molecule has 2 aliphatic rings. The molecule has 0 radical (unpaired) electrons. The molecule has 7 nitrogen and oxygen atoms in total. The third kappa shape index (κ3) is 3.09. The first kappa shape index (κ1) is 19.5. The number of carbonyl (C=O) groups is 1. The SMILES string of the molecule is O=C1CCc2cc(S(=O)(=O)NC[C@](O)(c3ccco3)c3cccs3)cc3c2N1CC3. The first-order valence-corrected chi connectivity index (χ1v) is 12.0. The maximum atomic E-state index is 13.1. The number of hydrogen-bond acceptors (Lipinski definition) is 6. The molecule has 3 aromatic rings. The summed E-state index contributed by atoms with van der Waals surface area (Å²) in [5.74, 6) is 0.361. The van der Waals surface area contributed by atoms with E-state index in [9.17, 15) is 18.3 Å². The van der Waals surface area contributed by atoms with E-state index in [4.69, 9.17) is 4.42 Å². The van der Waals surface area contributed by atoms with E-state index in [1.54, 1.807) is 41.3 Å². The van der Waals surface area contributed by atoms with Crippen LogP contribution < -0.4 is 9.62 Å². The number of carbonyl (C=O) groups excluding carboxylic acids is 1. The highest BCUT2D eigenvalue weighted by molar-refractivity contribution is 7.89. The minimum Gasteiger partial charge on any atom is -0.466 e. The molecule has 0 aliphatic carbocycles. The molecular weight excluding hydrogens is 424 g/mol. The Labute approximate surface area is 178 Å². The fourth-order valence-electron chi connectivity index (χ4n) is 4.19. The van der Waals surface area contributed by atoms with E-state index in [-0.39, 0.29) is 23.1 Å². The van der Waals surface area contributed by atoms with Crippen molar-refractivity contribution in [2.75, 3.05) is 18.0 Å². The van der Waals surface area contributed by atoms with Gasteiger partial charge in [-0.2, -0.15) is 0 Å². The molecule has 1 atom stereocenters. The number of benzene rings is 1. The molecule has 2 aromatic heterocycles. The number of anilines is 1. The molecule has 0 saturated carbocycles. The van der Waals surface area contributed by atoms with Gasteiger partial charge in [0.2, 0.25) is 15.9 Å². The van der Waals surface area contributed by atoms with E-state index in [1.165, 1.54) is 17.6 Å². The zero-order valence-corrected chi connectivity index (χ0v) is 17.6. The van der Waals surface area contributed by atoms with E-state index in [0.717, 1.165) is 16.8 Å². The molecule has 1 amide bonds. The van der Waals surface area contributed by atoms with Gasteiger partial charge >= 0.3 is 0 Å². The molecule has 9 heteroatoms. The van der Waals surface area contributed by atoms with Gasteiger partial charge in [0.1, 0.15) is 5.76 Å². The normalized spacial score (nSPS) is 17.8. The van der Waals surface area contributed by atoms with Crippen LogP contribution in [0.1, 0.15) is 28.2 Å². The molecule has 5 rings (SSSR count). The largest absolute Gasteiger partial charge is 0.466 e. The van der Waals surface area contributed by atoms with Crippen molar-refractivity contribution < 1.29 is 22.7 Å². The van der Waals surface area contributed by atoms with Gasteiger partial charge < -0.3 is 14.4 Å². The summed E-state index contributed by atoms with van der Waals surface area (Å²) in [6.07, 6.45) is 3.01.